The van der Waals surface area contributed by atoms with E-state index in [9.17, 15) is 14.0 Å². The van der Waals surface area contributed by atoms with Gasteiger partial charge in [0.15, 0.2) is 0 Å². The Labute approximate surface area is 166 Å². The quantitative estimate of drug-likeness (QED) is 0.546. The lowest BCUT2D eigenvalue weighted by Gasteiger charge is -2.09. The number of para-hydroxylation sites is 1. The Hall–Kier alpha value is -3.67. The van der Waals surface area contributed by atoms with E-state index in [4.69, 9.17) is 0 Å². The average Bonchev–Trinajstić information content (AvgIpc) is 3.03. The second kappa shape index (κ2) is 7.75. The molecule has 0 fully saturated rings. The van der Waals surface area contributed by atoms with E-state index in [1.807, 2.05) is 37.3 Å². The highest BCUT2D eigenvalue weighted by Gasteiger charge is 2.12. The van der Waals surface area contributed by atoms with Gasteiger partial charge in [0.25, 0.3) is 11.5 Å². The third kappa shape index (κ3) is 3.82. The van der Waals surface area contributed by atoms with Crippen LogP contribution < -0.4 is 10.9 Å². The van der Waals surface area contributed by atoms with Gasteiger partial charge in [0.05, 0.1) is 5.56 Å². The minimum Gasteiger partial charge on any atom is -0.358 e. The maximum absolute atomic E-state index is 13.6. The van der Waals surface area contributed by atoms with Crippen LogP contribution in [-0.4, -0.2) is 22.0 Å². The van der Waals surface area contributed by atoms with Crippen molar-refractivity contribution >= 4 is 16.8 Å². The fraction of sp³-hybridized carbons (Fsp3) is 0.130. The van der Waals surface area contributed by atoms with Crippen LogP contribution in [0.15, 0.2) is 71.7 Å². The molecule has 4 aromatic rings. The van der Waals surface area contributed by atoms with Gasteiger partial charge in [-0.3, -0.25) is 14.2 Å². The van der Waals surface area contributed by atoms with Crippen LogP contribution in [0.1, 0.15) is 21.6 Å². The number of aromatic amines is 1. The first-order valence-electron chi connectivity index (χ1n) is 9.36. The van der Waals surface area contributed by atoms with E-state index >= 15 is 0 Å². The highest BCUT2D eigenvalue weighted by molar-refractivity contribution is 5.94. The topological polar surface area (TPSA) is 66.9 Å². The SMILES string of the molecule is Cc1[nH]c2ccc(F)cc2c1CCNC(=O)c1ccc(=O)n(-c2ccccc2)c1. The number of rotatable bonds is 5. The van der Waals surface area contributed by atoms with Gasteiger partial charge in [-0.05, 0) is 55.3 Å². The lowest BCUT2D eigenvalue weighted by molar-refractivity contribution is 0.0953. The molecule has 4 rings (SSSR count). The number of aryl methyl sites for hydroxylation is 1. The van der Waals surface area contributed by atoms with Crippen LogP contribution in [0, 0.1) is 12.7 Å². The number of hydrogen-bond acceptors (Lipinski definition) is 2. The van der Waals surface area contributed by atoms with E-state index in [0.29, 0.717) is 24.2 Å². The zero-order valence-electron chi connectivity index (χ0n) is 15.9. The Morgan fingerprint density at radius 3 is 2.69 bits per heavy atom. The number of H-pyrrole nitrogens is 1. The molecule has 6 heteroatoms. The Morgan fingerprint density at radius 1 is 1.10 bits per heavy atom. The number of carbonyl (C=O) groups is 1. The summed E-state index contributed by atoms with van der Waals surface area (Å²) in [5, 5.41) is 3.71. The summed E-state index contributed by atoms with van der Waals surface area (Å²) in [5.74, 6) is -0.552. The van der Waals surface area contributed by atoms with Crippen LogP contribution in [0.25, 0.3) is 16.6 Å². The number of benzene rings is 2. The molecule has 2 aromatic carbocycles. The van der Waals surface area contributed by atoms with E-state index < -0.39 is 0 Å². The van der Waals surface area contributed by atoms with Crippen molar-refractivity contribution in [3.63, 3.8) is 0 Å². The van der Waals surface area contributed by atoms with E-state index in [-0.39, 0.29) is 17.3 Å². The second-order valence-corrected chi connectivity index (χ2v) is 6.89. The molecule has 0 aliphatic carbocycles. The highest BCUT2D eigenvalue weighted by atomic mass is 19.1. The molecule has 29 heavy (non-hydrogen) atoms. The predicted octanol–water partition coefficient (Wildman–Crippen LogP) is 3.74. The molecule has 146 valence electrons. The van der Waals surface area contributed by atoms with Crippen LogP contribution in [-0.2, 0) is 6.42 Å². The number of amides is 1. The van der Waals surface area contributed by atoms with Crippen molar-refractivity contribution in [2.75, 3.05) is 6.54 Å². The monoisotopic (exact) mass is 389 g/mol. The Balaban J connectivity index is 1.49. The van der Waals surface area contributed by atoms with Crippen molar-refractivity contribution in [2.45, 2.75) is 13.3 Å². The first kappa shape index (κ1) is 18.7. The molecule has 0 spiro atoms. The van der Waals surface area contributed by atoms with E-state index in [1.54, 1.807) is 12.3 Å². The van der Waals surface area contributed by atoms with Crippen molar-refractivity contribution in [1.82, 2.24) is 14.9 Å². The number of hydrogen-bond donors (Lipinski definition) is 2. The van der Waals surface area contributed by atoms with Gasteiger partial charge in [-0.1, -0.05) is 18.2 Å². The third-order valence-corrected chi connectivity index (χ3v) is 4.95. The summed E-state index contributed by atoms with van der Waals surface area (Å²) in [6.07, 6.45) is 2.11. The number of nitrogens with zero attached hydrogens (tertiary/aromatic N) is 1. The second-order valence-electron chi connectivity index (χ2n) is 6.89. The first-order valence-corrected chi connectivity index (χ1v) is 9.36. The summed E-state index contributed by atoms with van der Waals surface area (Å²) < 4.78 is 15.0. The number of halogens is 1. The number of carbonyl (C=O) groups excluding carboxylic acids is 1. The molecule has 0 aliphatic rings. The van der Waals surface area contributed by atoms with Gasteiger partial charge in [0.1, 0.15) is 5.82 Å². The number of fused-ring (bicyclic) bond motifs is 1. The van der Waals surface area contributed by atoms with Crippen molar-refractivity contribution in [1.29, 1.82) is 0 Å². The van der Waals surface area contributed by atoms with Crippen LogP contribution >= 0.6 is 0 Å². The summed E-state index contributed by atoms with van der Waals surface area (Å²) in [7, 11) is 0. The molecule has 0 aliphatic heterocycles. The maximum Gasteiger partial charge on any atom is 0.255 e. The number of nitrogens with one attached hydrogen (secondary N) is 2. The van der Waals surface area contributed by atoms with Gasteiger partial charge >= 0.3 is 0 Å². The fourth-order valence-corrected chi connectivity index (χ4v) is 3.49. The van der Waals surface area contributed by atoms with Crippen molar-refractivity contribution in [3.05, 3.63) is 99.9 Å². The molecule has 1 amide bonds. The summed E-state index contributed by atoms with van der Waals surface area (Å²) >= 11 is 0. The standard InChI is InChI=1S/C23H20FN3O2/c1-15-19(20-13-17(24)8-9-21(20)26-15)11-12-25-23(29)16-7-10-22(28)27(14-16)18-5-3-2-4-6-18/h2-10,13-14,26H,11-12H2,1H3,(H,25,29). The van der Waals surface area contributed by atoms with Crippen LogP contribution in [0.4, 0.5) is 4.39 Å². The minimum atomic E-state index is -0.287. The van der Waals surface area contributed by atoms with Crippen molar-refractivity contribution in [3.8, 4) is 5.69 Å². The van der Waals surface area contributed by atoms with Crippen LogP contribution in [0.3, 0.4) is 0 Å². The Morgan fingerprint density at radius 2 is 1.90 bits per heavy atom. The summed E-state index contributed by atoms with van der Waals surface area (Å²) in [4.78, 5) is 28.0. The van der Waals surface area contributed by atoms with Crippen LogP contribution in [0.5, 0.6) is 0 Å². The molecule has 2 heterocycles. The summed E-state index contributed by atoms with van der Waals surface area (Å²) in [5.41, 5.74) is 3.70. The van der Waals surface area contributed by atoms with Gasteiger partial charge < -0.3 is 10.3 Å². The molecule has 0 radical (unpaired) electrons. The Bertz CT molecular complexity index is 1240. The molecule has 2 aromatic heterocycles. The van der Waals surface area contributed by atoms with Gasteiger partial charge in [-0.15, -0.1) is 0 Å². The molecule has 0 saturated heterocycles. The van der Waals surface area contributed by atoms with Gasteiger partial charge in [-0.25, -0.2) is 4.39 Å². The first-order chi connectivity index (χ1) is 14.0. The molecule has 0 atom stereocenters. The van der Waals surface area contributed by atoms with Crippen molar-refractivity contribution < 1.29 is 9.18 Å². The molecule has 0 saturated carbocycles. The molecule has 0 bridgehead atoms. The molecule has 0 unspecified atom stereocenters. The van der Waals surface area contributed by atoms with Gasteiger partial charge in [-0.2, -0.15) is 0 Å². The Kier molecular flexibility index (Phi) is 4.99. The lowest BCUT2D eigenvalue weighted by atomic mass is 10.1. The third-order valence-electron chi connectivity index (χ3n) is 4.95. The largest absolute Gasteiger partial charge is 0.358 e. The summed E-state index contributed by atoms with van der Waals surface area (Å²) in [6, 6.07) is 16.7. The van der Waals surface area contributed by atoms with Crippen LogP contribution in [0.2, 0.25) is 0 Å². The predicted molar refractivity (Wildman–Crippen MR) is 111 cm³/mol. The van der Waals surface area contributed by atoms with E-state index in [1.165, 1.54) is 28.8 Å². The lowest BCUT2D eigenvalue weighted by Crippen LogP contribution is -2.28. The van der Waals surface area contributed by atoms with Gasteiger partial charge in [0, 0.05) is 41.1 Å². The van der Waals surface area contributed by atoms with Crippen molar-refractivity contribution in [2.24, 2.45) is 0 Å². The number of aromatic nitrogens is 2. The molecular weight excluding hydrogens is 369 g/mol. The molecular formula is C23H20FN3O2. The highest BCUT2D eigenvalue weighted by Crippen LogP contribution is 2.23. The zero-order valence-corrected chi connectivity index (χ0v) is 15.9. The average molecular weight is 389 g/mol. The van der Waals surface area contributed by atoms with Gasteiger partial charge in [0.2, 0.25) is 0 Å². The maximum atomic E-state index is 13.6. The normalized spacial score (nSPS) is 11.0. The zero-order chi connectivity index (χ0) is 20.4. The molecule has 5 nitrogen and oxygen atoms in total. The minimum absolute atomic E-state index is 0.204. The summed E-state index contributed by atoms with van der Waals surface area (Å²) in [6.45, 7) is 2.33. The smallest absolute Gasteiger partial charge is 0.255 e. The molecule has 2 N–H and O–H groups in total. The number of pyridine rings is 1. The van der Waals surface area contributed by atoms with E-state index in [2.05, 4.69) is 10.3 Å². The van der Waals surface area contributed by atoms with E-state index in [0.717, 1.165) is 22.2 Å². The fourth-order valence-electron chi connectivity index (χ4n) is 3.49.